The van der Waals surface area contributed by atoms with Gasteiger partial charge in [-0.3, -0.25) is 0 Å². The molecule has 0 unspecified atom stereocenters. The van der Waals surface area contributed by atoms with E-state index in [1.807, 2.05) is 0 Å². The summed E-state index contributed by atoms with van der Waals surface area (Å²) >= 11 is 0. The van der Waals surface area contributed by atoms with Gasteiger partial charge in [-0.25, -0.2) is 32.2 Å². The normalized spacial score (nSPS) is 17.7. The second-order valence-electron chi connectivity index (χ2n) is 9.80. The third kappa shape index (κ3) is 5.85. The Hall–Kier alpha value is -3.66. The van der Waals surface area contributed by atoms with Gasteiger partial charge < -0.3 is 10.1 Å². The standard InChI is InChI=1S/C29H30F2N4O3S/c1-3-39(36,37)17-24-21-10-4-5-11-22(21)27(18(2)26(24)31)38-28-23(12-7-14-32-28)25-13-15-33-29(35-25)34-20-9-6-8-19(30)16-20/h4-5,7,10-15,19-20H,3,6,8-9,16-17H2,1-2H3,(H,33,34,35)/t19-,20-/m1/s1. The van der Waals surface area contributed by atoms with Gasteiger partial charge in [-0.2, -0.15) is 0 Å². The first-order valence-electron chi connectivity index (χ1n) is 13.0. The monoisotopic (exact) mass is 552 g/mol. The number of rotatable bonds is 8. The van der Waals surface area contributed by atoms with Crippen molar-refractivity contribution in [2.45, 2.75) is 57.5 Å². The van der Waals surface area contributed by atoms with E-state index in [0.717, 1.165) is 12.8 Å². The largest absolute Gasteiger partial charge is 0.437 e. The number of aromatic nitrogens is 3. The molecule has 0 saturated heterocycles. The Morgan fingerprint density at radius 3 is 2.62 bits per heavy atom. The van der Waals surface area contributed by atoms with Gasteiger partial charge in [0.25, 0.3) is 0 Å². The molecule has 1 saturated carbocycles. The van der Waals surface area contributed by atoms with E-state index < -0.39 is 27.6 Å². The summed E-state index contributed by atoms with van der Waals surface area (Å²) in [5.41, 5.74) is 1.42. The Bertz CT molecular complexity index is 1610. The van der Waals surface area contributed by atoms with Crippen molar-refractivity contribution in [2.75, 3.05) is 11.1 Å². The Morgan fingerprint density at radius 2 is 1.85 bits per heavy atom. The number of nitrogens with zero attached hydrogens (tertiary/aromatic N) is 3. The smallest absolute Gasteiger partial charge is 0.228 e. The molecule has 2 aromatic carbocycles. The number of pyridine rings is 1. The van der Waals surface area contributed by atoms with Crippen molar-refractivity contribution in [3.63, 3.8) is 0 Å². The lowest BCUT2D eigenvalue weighted by Crippen LogP contribution is -2.28. The second kappa shape index (κ2) is 11.2. The molecule has 5 rings (SSSR count). The third-order valence-electron chi connectivity index (χ3n) is 7.08. The van der Waals surface area contributed by atoms with Crippen LogP contribution in [0.15, 0.2) is 54.9 Å². The molecule has 0 aliphatic heterocycles. The number of anilines is 1. The predicted octanol–water partition coefficient (Wildman–Crippen LogP) is 6.56. The molecule has 2 aromatic heterocycles. The highest BCUT2D eigenvalue weighted by molar-refractivity contribution is 7.90. The van der Waals surface area contributed by atoms with Crippen LogP contribution in [0.4, 0.5) is 14.7 Å². The van der Waals surface area contributed by atoms with Gasteiger partial charge in [0.2, 0.25) is 11.8 Å². The number of alkyl halides is 1. The summed E-state index contributed by atoms with van der Waals surface area (Å²) in [7, 11) is -3.47. The maximum absolute atomic E-state index is 15.7. The molecule has 10 heteroatoms. The number of fused-ring (bicyclic) bond motifs is 1. The number of halogens is 2. The lowest BCUT2D eigenvalue weighted by atomic mass is 9.94. The van der Waals surface area contributed by atoms with Crippen LogP contribution in [0.2, 0.25) is 0 Å². The van der Waals surface area contributed by atoms with E-state index >= 15 is 4.39 Å². The van der Waals surface area contributed by atoms with Gasteiger partial charge in [0.15, 0.2) is 9.84 Å². The van der Waals surface area contributed by atoms with Crippen LogP contribution in [0, 0.1) is 12.7 Å². The molecular formula is C29H30F2N4O3S. The molecule has 1 aliphatic carbocycles. The van der Waals surface area contributed by atoms with Crippen molar-refractivity contribution in [1.82, 2.24) is 15.0 Å². The molecule has 39 heavy (non-hydrogen) atoms. The van der Waals surface area contributed by atoms with Crippen LogP contribution in [0.5, 0.6) is 11.6 Å². The average Bonchev–Trinajstić information content (AvgIpc) is 2.94. The molecule has 0 radical (unpaired) electrons. The lowest BCUT2D eigenvalue weighted by molar-refractivity contribution is 0.239. The zero-order valence-corrected chi connectivity index (χ0v) is 22.6. The summed E-state index contributed by atoms with van der Waals surface area (Å²) in [4.78, 5) is 13.3. The van der Waals surface area contributed by atoms with Crippen molar-refractivity contribution in [3.8, 4) is 22.9 Å². The Morgan fingerprint density at radius 1 is 1.05 bits per heavy atom. The predicted molar refractivity (Wildman–Crippen MR) is 148 cm³/mol. The van der Waals surface area contributed by atoms with Crippen molar-refractivity contribution in [2.24, 2.45) is 0 Å². The maximum Gasteiger partial charge on any atom is 0.228 e. The van der Waals surface area contributed by atoms with Gasteiger partial charge in [0, 0.05) is 40.7 Å². The third-order valence-corrected chi connectivity index (χ3v) is 8.69. The van der Waals surface area contributed by atoms with Crippen LogP contribution in [0.1, 0.15) is 43.7 Å². The van der Waals surface area contributed by atoms with Gasteiger partial charge >= 0.3 is 0 Å². The average molecular weight is 553 g/mol. The Labute approximate surface area is 226 Å². The van der Waals surface area contributed by atoms with Gasteiger partial charge in [-0.1, -0.05) is 31.2 Å². The van der Waals surface area contributed by atoms with Crippen LogP contribution in [0.25, 0.3) is 22.0 Å². The number of nitrogens with one attached hydrogen (secondary N) is 1. The first-order valence-corrected chi connectivity index (χ1v) is 14.8. The fraction of sp³-hybridized carbons (Fsp3) is 0.345. The molecule has 1 N–H and O–H groups in total. The number of hydrogen-bond donors (Lipinski definition) is 1. The van der Waals surface area contributed by atoms with Crippen LogP contribution in [-0.2, 0) is 15.6 Å². The molecule has 2 heterocycles. The van der Waals surface area contributed by atoms with Gasteiger partial charge in [-0.15, -0.1) is 0 Å². The Kier molecular flexibility index (Phi) is 7.74. The van der Waals surface area contributed by atoms with Crippen molar-refractivity contribution >= 4 is 26.6 Å². The SMILES string of the molecule is CCS(=O)(=O)Cc1c(F)c(C)c(Oc2ncccc2-c2ccnc(N[C@@H]3CCC[C@@H](F)C3)n2)c2ccccc12. The zero-order valence-electron chi connectivity index (χ0n) is 21.8. The molecule has 7 nitrogen and oxygen atoms in total. The van der Waals surface area contributed by atoms with E-state index in [1.165, 1.54) is 0 Å². The molecule has 2 atom stereocenters. The van der Waals surface area contributed by atoms with Crippen LogP contribution in [-0.4, -0.2) is 41.3 Å². The molecular weight excluding hydrogens is 522 g/mol. The van der Waals surface area contributed by atoms with Gasteiger partial charge in [-0.05, 0) is 56.2 Å². The molecule has 0 amide bonds. The summed E-state index contributed by atoms with van der Waals surface area (Å²) in [6.07, 6.45) is 5.01. The number of ether oxygens (including phenoxy) is 1. The quantitative estimate of drug-likeness (QED) is 0.265. The van der Waals surface area contributed by atoms with E-state index in [9.17, 15) is 12.8 Å². The van der Waals surface area contributed by atoms with Gasteiger partial charge in [0.1, 0.15) is 17.7 Å². The first-order chi connectivity index (χ1) is 18.8. The van der Waals surface area contributed by atoms with Crippen molar-refractivity contribution in [1.29, 1.82) is 0 Å². The van der Waals surface area contributed by atoms with E-state index in [1.54, 1.807) is 68.7 Å². The molecule has 4 aromatic rings. The molecule has 204 valence electrons. The minimum atomic E-state index is -3.47. The molecule has 1 aliphatic rings. The highest BCUT2D eigenvalue weighted by Gasteiger charge is 2.24. The van der Waals surface area contributed by atoms with Crippen molar-refractivity contribution in [3.05, 3.63) is 71.8 Å². The van der Waals surface area contributed by atoms with E-state index in [0.29, 0.717) is 40.8 Å². The molecule has 0 bridgehead atoms. The topological polar surface area (TPSA) is 94.1 Å². The van der Waals surface area contributed by atoms with Gasteiger partial charge in [0.05, 0.1) is 17.0 Å². The minimum absolute atomic E-state index is 0.0411. The number of benzene rings is 2. The molecule has 1 fully saturated rings. The fourth-order valence-electron chi connectivity index (χ4n) is 4.97. The minimum Gasteiger partial charge on any atom is -0.437 e. The highest BCUT2D eigenvalue weighted by Crippen LogP contribution is 2.40. The van der Waals surface area contributed by atoms with Crippen LogP contribution < -0.4 is 10.1 Å². The summed E-state index contributed by atoms with van der Waals surface area (Å²) in [6, 6.07) is 12.2. The first kappa shape index (κ1) is 26.9. The van der Waals surface area contributed by atoms with E-state index in [2.05, 4.69) is 20.3 Å². The van der Waals surface area contributed by atoms with Crippen LogP contribution in [0.3, 0.4) is 0 Å². The number of hydrogen-bond acceptors (Lipinski definition) is 7. The lowest BCUT2D eigenvalue weighted by Gasteiger charge is -2.25. The molecule has 0 spiro atoms. The maximum atomic E-state index is 15.7. The summed E-state index contributed by atoms with van der Waals surface area (Å²) in [5.74, 6) is -0.247. The second-order valence-corrected chi connectivity index (χ2v) is 12.2. The summed E-state index contributed by atoms with van der Waals surface area (Å²) in [6.45, 7) is 3.11. The fourth-order valence-corrected chi connectivity index (χ4v) is 5.90. The Balaban J connectivity index is 1.52. The highest BCUT2D eigenvalue weighted by atomic mass is 32.2. The summed E-state index contributed by atoms with van der Waals surface area (Å²) < 4.78 is 60.6. The zero-order chi connectivity index (χ0) is 27.6. The van der Waals surface area contributed by atoms with E-state index in [-0.39, 0.29) is 34.6 Å². The van der Waals surface area contributed by atoms with Crippen molar-refractivity contribution < 1.29 is 21.9 Å². The number of sulfone groups is 1. The van der Waals surface area contributed by atoms with E-state index in [4.69, 9.17) is 4.74 Å². The summed E-state index contributed by atoms with van der Waals surface area (Å²) in [5, 5.41) is 4.29. The van der Waals surface area contributed by atoms with Crippen LogP contribution >= 0.6 is 0 Å².